The molecule has 19 heteroatoms. The van der Waals surface area contributed by atoms with Crippen LogP contribution in [0.3, 0.4) is 0 Å². The van der Waals surface area contributed by atoms with Crippen LogP contribution in [0.1, 0.15) is 0 Å². The van der Waals surface area contributed by atoms with E-state index in [1.807, 2.05) is 0 Å². The van der Waals surface area contributed by atoms with Crippen molar-refractivity contribution in [3.05, 3.63) is 0 Å². The van der Waals surface area contributed by atoms with E-state index in [2.05, 4.69) is 0 Å². The standard InChI is InChI=1S/C9HF19/c10-2(11,1(3(12,13)14)4(15,16)17)5(18,19)6(20,21)7(22,23)8(24,25)9(26,27)28/h1H. The lowest BCUT2D eigenvalue weighted by Gasteiger charge is -2.42. The van der Waals surface area contributed by atoms with Crippen LogP contribution in [0.4, 0.5) is 83.4 Å². The number of rotatable bonds is 5. The normalized spacial score (nSPS) is 16.7. The van der Waals surface area contributed by atoms with Gasteiger partial charge in [0.2, 0.25) is 5.92 Å². The van der Waals surface area contributed by atoms with Gasteiger partial charge in [-0.15, -0.1) is 0 Å². The van der Waals surface area contributed by atoms with E-state index in [0.717, 1.165) is 0 Å². The second-order valence-electron chi connectivity index (χ2n) is 4.93. The highest BCUT2D eigenvalue weighted by molar-refractivity contribution is 5.12. The van der Waals surface area contributed by atoms with Crippen LogP contribution in [0.2, 0.25) is 0 Å². The maximum Gasteiger partial charge on any atom is 0.460 e. The van der Waals surface area contributed by atoms with E-state index in [9.17, 15) is 83.4 Å². The predicted molar refractivity (Wildman–Crippen MR) is 46.4 cm³/mol. The first-order valence-electron chi connectivity index (χ1n) is 5.71. The molecule has 0 aromatic heterocycles. The summed E-state index contributed by atoms with van der Waals surface area (Å²) in [5.41, 5.74) is 0. The van der Waals surface area contributed by atoms with Gasteiger partial charge in [0.25, 0.3) is 0 Å². The minimum atomic E-state index is -8.75. The first kappa shape index (κ1) is 26.7. The lowest BCUT2D eigenvalue weighted by atomic mass is 9.86. The Morgan fingerprint density at radius 1 is 0.321 bits per heavy atom. The molecule has 0 aliphatic carbocycles. The summed E-state index contributed by atoms with van der Waals surface area (Å²) in [6.07, 6.45) is -23.0. The second kappa shape index (κ2) is 6.33. The minimum Gasteiger partial charge on any atom is -0.199 e. The highest BCUT2D eigenvalue weighted by atomic mass is 19.4. The van der Waals surface area contributed by atoms with Crippen molar-refractivity contribution in [1.29, 1.82) is 0 Å². The van der Waals surface area contributed by atoms with Crippen LogP contribution in [0.5, 0.6) is 0 Å². The van der Waals surface area contributed by atoms with Gasteiger partial charge in [-0.05, 0) is 0 Å². The summed E-state index contributed by atoms with van der Waals surface area (Å²) >= 11 is 0. The summed E-state index contributed by atoms with van der Waals surface area (Å²) in [6.45, 7) is 0. The quantitative estimate of drug-likeness (QED) is 0.405. The smallest absolute Gasteiger partial charge is 0.199 e. The average molecular weight is 470 g/mol. The van der Waals surface area contributed by atoms with Gasteiger partial charge in [-0.3, -0.25) is 0 Å². The first-order chi connectivity index (χ1) is 11.6. The fraction of sp³-hybridized carbons (Fsp3) is 1.00. The van der Waals surface area contributed by atoms with Gasteiger partial charge in [0, 0.05) is 0 Å². The van der Waals surface area contributed by atoms with Crippen molar-refractivity contribution in [1.82, 2.24) is 0 Å². The Morgan fingerprint density at radius 3 is 0.786 bits per heavy atom. The first-order valence-corrected chi connectivity index (χ1v) is 5.71. The third-order valence-electron chi connectivity index (χ3n) is 2.97. The second-order valence-corrected chi connectivity index (χ2v) is 4.93. The molecule has 0 atom stereocenters. The predicted octanol–water partition coefficient (Wildman–Crippen LogP) is 6.47. The summed E-state index contributed by atoms with van der Waals surface area (Å²) in [4.78, 5) is 0. The lowest BCUT2D eigenvalue weighted by molar-refractivity contribution is -0.458. The van der Waals surface area contributed by atoms with Gasteiger partial charge < -0.3 is 0 Å². The Hall–Kier alpha value is -1.33. The van der Waals surface area contributed by atoms with Crippen LogP contribution in [0.15, 0.2) is 0 Å². The van der Waals surface area contributed by atoms with Crippen molar-refractivity contribution in [3.8, 4) is 0 Å². The van der Waals surface area contributed by atoms with Gasteiger partial charge in [-0.25, -0.2) is 0 Å². The molecular weight excluding hydrogens is 469 g/mol. The molecule has 0 heterocycles. The molecule has 0 rings (SSSR count). The molecule has 0 saturated carbocycles. The van der Waals surface area contributed by atoms with Crippen molar-refractivity contribution < 1.29 is 83.4 Å². The maximum atomic E-state index is 13.0. The van der Waals surface area contributed by atoms with E-state index < -0.39 is 54.1 Å². The van der Waals surface area contributed by atoms with Gasteiger partial charge >= 0.3 is 48.1 Å². The van der Waals surface area contributed by atoms with E-state index in [1.54, 1.807) is 0 Å². The van der Waals surface area contributed by atoms with E-state index in [1.165, 1.54) is 0 Å². The summed E-state index contributed by atoms with van der Waals surface area (Å²) in [6, 6.07) is 0. The monoisotopic (exact) mass is 470 g/mol. The number of hydrogen-bond acceptors (Lipinski definition) is 0. The average Bonchev–Trinajstić information content (AvgIpc) is 2.31. The molecular formula is C9HF19. The highest BCUT2D eigenvalue weighted by Gasteiger charge is 2.93. The molecule has 0 nitrogen and oxygen atoms in total. The van der Waals surface area contributed by atoms with Gasteiger partial charge in [-0.1, -0.05) is 0 Å². The summed E-state index contributed by atoms with van der Waals surface area (Å²) < 4.78 is 236. The zero-order valence-corrected chi connectivity index (χ0v) is 11.8. The molecule has 0 aliphatic rings. The van der Waals surface area contributed by atoms with Crippen LogP contribution in [0, 0.1) is 5.92 Å². The lowest BCUT2D eigenvalue weighted by Crippen LogP contribution is -2.72. The molecule has 0 radical (unpaired) electrons. The number of alkyl halides is 19. The largest absolute Gasteiger partial charge is 0.460 e. The van der Waals surface area contributed by atoms with Crippen LogP contribution in [-0.4, -0.2) is 48.1 Å². The van der Waals surface area contributed by atoms with Gasteiger partial charge in [0.05, 0.1) is 0 Å². The van der Waals surface area contributed by atoms with Crippen LogP contribution in [0.25, 0.3) is 0 Å². The molecule has 28 heavy (non-hydrogen) atoms. The van der Waals surface area contributed by atoms with Gasteiger partial charge in [-0.2, -0.15) is 83.4 Å². The van der Waals surface area contributed by atoms with E-state index in [0.29, 0.717) is 0 Å². The van der Waals surface area contributed by atoms with Gasteiger partial charge in [0.1, 0.15) is 0 Å². The van der Waals surface area contributed by atoms with Crippen LogP contribution in [-0.2, 0) is 0 Å². The topological polar surface area (TPSA) is 0 Å². The Bertz CT molecular complexity index is 541. The Kier molecular flexibility index (Phi) is 6.03. The van der Waals surface area contributed by atoms with Crippen molar-refractivity contribution in [2.45, 2.75) is 48.1 Å². The van der Waals surface area contributed by atoms with Crippen molar-refractivity contribution in [3.63, 3.8) is 0 Å². The molecule has 0 bridgehead atoms. The molecule has 0 aromatic rings. The molecule has 0 fully saturated rings. The highest BCUT2D eigenvalue weighted by Crippen LogP contribution is 2.63. The number of halogens is 19. The molecule has 0 amide bonds. The molecule has 170 valence electrons. The Morgan fingerprint density at radius 2 is 0.571 bits per heavy atom. The van der Waals surface area contributed by atoms with Crippen molar-refractivity contribution in [2.75, 3.05) is 0 Å². The number of hydrogen-bond donors (Lipinski definition) is 0. The summed E-state index contributed by atoms with van der Waals surface area (Å²) in [5.74, 6) is -49.5. The molecule has 0 N–H and O–H groups in total. The molecule has 0 aromatic carbocycles. The van der Waals surface area contributed by atoms with Crippen LogP contribution >= 0.6 is 0 Å². The van der Waals surface area contributed by atoms with Crippen LogP contribution < -0.4 is 0 Å². The van der Waals surface area contributed by atoms with E-state index in [-0.39, 0.29) is 0 Å². The summed E-state index contributed by atoms with van der Waals surface area (Å²) in [7, 11) is 0. The molecule has 0 aliphatic heterocycles. The molecule has 0 spiro atoms. The van der Waals surface area contributed by atoms with Crippen molar-refractivity contribution >= 4 is 0 Å². The van der Waals surface area contributed by atoms with E-state index >= 15 is 0 Å². The Labute approximate surface area is 139 Å². The zero-order chi connectivity index (χ0) is 23.6. The van der Waals surface area contributed by atoms with Crippen molar-refractivity contribution in [2.24, 2.45) is 5.92 Å². The Balaban J connectivity index is 6.78. The minimum absolute atomic E-state index is 6.83. The summed E-state index contributed by atoms with van der Waals surface area (Å²) in [5, 5.41) is 0. The fourth-order valence-corrected chi connectivity index (χ4v) is 1.56. The maximum absolute atomic E-state index is 13.0. The third kappa shape index (κ3) is 3.63. The fourth-order valence-electron chi connectivity index (χ4n) is 1.56. The molecule has 0 unspecified atom stereocenters. The SMILES string of the molecule is FC(F)(F)C(C(F)(F)F)C(F)(F)C(F)(F)C(F)(F)C(F)(F)C(F)(F)C(F)(F)F. The zero-order valence-electron chi connectivity index (χ0n) is 11.8. The van der Waals surface area contributed by atoms with E-state index in [4.69, 9.17) is 0 Å². The molecule has 0 saturated heterocycles. The third-order valence-corrected chi connectivity index (χ3v) is 2.97. The van der Waals surface area contributed by atoms with Gasteiger partial charge in [0.15, 0.2) is 0 Å².